The molecule has 4 amide bonds. The van der Waals surface area contributed by atoms with Crippen molar-refractivity contribution in [2.24, 2.45) is 0 Å². The monoisotopic (exact) mass is 558 g/mol. The normalized spacial score (nSPS) is 17.1. The first-order valence-corrected chi connectivity index (χ1v) is 14.6. The number of sulfone groups is 1. The van der Waals surface area contributed by atoms with Gasteiger partial charge in [0.05, 0.1) is 6.54 Å². The third-order valence-corrected chi connectivity index (χ3v) is 11.4. The van der Waals surface area contributed by atoms with Gasteiger partial charge in [0.15, 0.2) is 14.9 Å². The van der Waals surface area contributed by atoms with Crippen LogP contribution in [-0.4, -0.2) is 90.5 Å². The van der Waals surface area contributed by atoms with E-state index in [9.17, 15) is 31.2 Å². The Morgan fingerprint density at radius 2 is 1.84 bits per heavy atom. The van der Waals surface area contributed by atoms with Crippen LogP contribution in [0.25, 0.3) is 11.0 Å². The summed E-state index contributed by atoms with van der Waals surface area (Å²) in [6.45, 7) is 2.69. The number of imide groups is 1. The van der Waals surface area contributed by atoms with Crippen molar-refractivity contribution in [1.82, 2.24) is 19.6 Å². The minimum Gasteiger partial charge on any atom is -0.460 e. The topological polar surface area (TPSA) is 175 Å². The Balaban J connectivity index is 1.70. The Hall–Kier alpha value is -3.01. The minimum absolute atomic E-state index is 0.117. The fourth-order valence-corrected chi connectivity index (χ4v) is 8.24. The van der Waals surface area contributed by atoms with E-state index in [-0.39, 0.29) is 19.5 Å². The molecule has 37 heavy (non-hydrogen) atoms. The van der Waals surface area contributed by atoms with Crippen LogP contribution < -0.4 is 5.48 Å². The lowest BCUT2D eigenvalue weighted by atomic mass is 10.1. The average molecular weight is 559 g/mol. The van der Waals surface area contributed by atoms with Gasteiger partial charge in [-0.2, -0.15) is 4.31 Å². The number of fused-ring (bicyclic) bond motifs is 1. The predicted molar refractivity (Wildman–Crippen MR) is 132 cm³/mol. The van der Waals surface area contributed by atoms with Gasteiger partial charge in [0.2, 0.25) is 10.0 Å². The SMILES string of the molecule is CN1C(=O)N(CCCC(C(=O)NO)S(=O)(=O)CS(=O)(=O)N(C)Cc2cc3ccccc3o2)C(=O)C1(C)C. The first-order chi connectivity index (χ1) is 17.1. The van der Waals surface area contributed by atoms with Crippen molar-refractivity contribution in [3.8, 4) is 0 Å². The maximum atomic E-state index is 13.0. The van der Waals surface area contributed by atoms with Crippen molar-refractivity contribution in [2.45, 2.75) is 44.0 Å². The summed E-state index contributed by atoms with van der Waals surface area (Å²) in [4.78, 5) is 39.3. The zero-order valence-electron chi connectivity index (χ0n) is 20.9. The molecule has 1 aromatic carbocycles. The van der Waals surface area contributed by atoms with E-state index in [0.29, 0.717) is 11.3 Å². The number of hydroxylamine groups is 1. The second-order valence-corrected chi connectivity index (χ2v) is 14.0. The third-order valence-electron chi connectivity index (χ3n) is 6.45. The number of nitrogens with zero attached hydrogens (tertiary/aromatic N) is 3. The van der Waals surface area contributed by atoms with Crippen LogP contribution in [0.15, 0.2) is 34.7 Å². The van der Waals surface area contributed by atoms with Crippen molar-refractivity contribution in [2.75, 3.05) is 25.7 Å². The maximum Gasteiger partial charge on any atom is 0.327 e. The van der Waals surface area contributed by atoms with Gasteiger partial charge in [0.1, 0.15) is 22.1 Å². The van der Waals surface area contributed by atoms with E-state index in [1.165, 1.54) is 24.5 Å². The van der Waals surface area contributed by atoms with Crippen molar-refractivity contribution in [1.29, 1.82) is 0 Å². The summed E-state index contributed by atoms with van der Waals surface area (Å²) in [7, 11) is -6.42. The van der Waals surface area contributed by atoms with E-state index in [1.54, 1.807) is 44.2 Å². The highest BCUT2D eigenvalue weighted by atomic mass is 32.3. The summed E-state index contributed by atoms with van der Waals surface area (Å²) >= 11 is 0. The lowest BCUT2D eigenvalue weighted by molar-refractivity contribution is -0.131. The number of likely N-dealkylation sites (N-methyl/N-ethyl adjacent to an activating group) is 1. The van der Waals surface area contributed by atoms with Crippen LogP contribution in [0.4, 0.5) is 4.79 Å². The molecule has 15 heteroatoms. The molecule has 2 aromatic rings. The molecule has 1 saturated heterocycles. The number of furan rings is 1. The smallest absolute Gasteiger partial charge is 0.327 e. The molecule has 1 aromatic heterocycles. The highest BCUT2D eigenvalue weighted by molar-refractivity contribution is 8.07. The molecule has 0 aliphatic carbocycles. The van der Waals surface area contributed by atoms with E-state index < -0.39 is 60.0 Å². The summed E-state index contributed by atoms with van der Waals surface area (Å²) in [6.07, 6.45) is -0.549. The lowest BCUT2D eigenvalue weighted by Crippen LogP contribution is -2.43. The fraction of sp³-hybridized carbons (Fsp3) is 0.500. The molecule has 0 bridgehead atoms. The van der Waals surface area contributed by atoms with E-state index >= 15 is 0 Å². The summed E-state index contributed by atoms with van der Waals surface area (Å²) in [5.74, 6) is -1.50. The summed E-state index contributed by atoms with van der Waals surface area (Å²) < 4.78 is 58.1. The number of amides is 4. The number of nitrogens with one attached hydrogen (secondary N) is 1. The van der Waals surface area contributed by atoms with Crippen LogP contribution >= 0.6 is 0 Å². The highest BCUT2D eigenvalue weighted by Crippen LogP contribution is 2.27. The van der Waals surface area contributed by atoms with Crippen LogP contribution in [-0.2, 0) is 36.0 Å². The first kappa shape index (κ1) is 28.6. The van der Waals surface area contributed by atoms with Gasteiger partial charge in [-0.05, 0) is 38.8 Å². The zero-order valence-corrected chi connectivity index (χ0v) is 22.5. The number of carbonyl (C=O) groups excluding carboxylic acids is 3. The van der Waals surface area contributed by atoms with Crippen molar-refractivity contribution in [3.63, 3.8) is 0 Å². The second-order valence-electron chi connectivity index (χ2n) is 9.36. The average Bonchev–Trinajstić information content (AvgIpc) is 3.29. The Morgan fingerprint density at radius 1 is 1.19 bits per heavy atom. The number of hydrogen-bond acceptors (Lipinski definition) is 9. The van der Waals surface area contributed by atoms with Gasteiger partial charge >= 0.3 is 6.03 Å². The summed E-state index contributed by atoms with van der Waals surface area (Å²) in [5.41, 5.74) is 0.722. The number of rotatable bonds is 11. The van der Waals surface area contributed by atoms with Gasteiger partial charge in [-0.1, -0.05) is 18.2 Å². The quantitative estimate of drug-likeness (QED) is 0.231. The molecule has 204 valence electrons. The molecule has 1 aliphatic heterocycles. The molecular weight excluding hydrogens is 528 g/mol. The van der Waals surface area contributed by atoms with Crippen LogP contribution in [0.5, 0.6) is 0 Å². The molecule has 3 rings (SSSR count). The van der Waals surface area contributed by atoms with Gasteiger partial charge in [0.25, 0.3) is 11.8 Å². The highest BCUT2D eigenvalue weighted by Gasteiger charge is 2.49. The lowest BCUT2D eigenvalue weighted by Gasteiger charge is -2.22. The molecular formula is C22H30N4O9S2. The number of urea groups is 1. The number of sulfonamides is 1. The van der Waals surface area contributed by atoms with E-state index in [0.717, 1.165) is 14.6 Å². The first-order valence-electron chi connectivity index (χ1n) is 11.3. The van der Waals surface area contributed by atoms with E-state index in [1.807, 2.05) is 0 Å². The summed E-state index contributed by atoms with van der Waals surface area (Å²) in [5, 5.41) is 6.50. The van der Waals surface area contributed by atoms with Gasteiger partial charge < -0.3 is 9.32 Å². The van der Waals surface area contributed by atoms with E-state index in [4.69, 9.17) is 9.62 Å². The van der Waals surface area contributed by atoms with Crippen LogP contribution in [0, 0.1) is 0 Å². The van der Waals surface area contributed by atoms with Crippen LogP contribution in [0.1, 0.15) is 32.4 Å². The minimum atomic E-state index is -4.64. The fourth-order valence-electron chi connectivity index (χ4n) is 3.97. The largest absolute Gasteiger partial charge is 0.460 e. The third kappa shape index (κ3) is 5.79. The molecule has 2 N–H and O–H groups in total. The molecule has 1 aliphatic rings. The maximum absolute atomic E-state index is 13.0. The van der Waals surface area contributed by atoms with Crippen molar-refractivity contribution in [3.05, 3.63) is 36.1 Å². The van der Waals surface area contributed by atoms with Crippen molar-refractivity contribution < 1.29 is 40.8 Å². The van der Waals surface area contributed by atoms with E-state index in [2.05, 4.69) is 0 Å². The van der Waals surface area contributed by atoms with Crippen LogP contribution in [0.3, 0.4) is 0 Å². The predicted octanol–water partition coefficient (Wildman–Crippen LogP) is 0.894. The summed E-state index contributed by atoms with van der Waals surface area (Å²) in [6, 6.07) is 8.09. The van der Waals surface area contributed by atoms with Gasteiger partial charge in [0, 0.05) is 26.0 Å². The Morgan fingerprint density at radius 3 is 2.41 bits per heavy atom. The Labute approximate surface area is 214 Å². The molecule has 1 atom stereocenters. The second kappa shape index (κ2) is 10.4. The molecule has 0 radical (unpaired) electrons. The zero-order chi connectivity index (χ0) is 27.8. The Kier molecular flexibility index (Phi) is 8.02. The number of carbonyl (C=O) groups is 3. The van der Waals surface area contributed by atoms with Gasteiger partial charge in [-0.25, -0.2) is 27.1 Å². The number of para-hydroxylation sites is 1. The van der Waals surface area contributed by atoms with Gasteiger partial charge in [-0.15, -0.1) is 0 Å². The van der Waals surface area contributed by atoms with Crippen molar-refractivity contribution >= 4 is 48.7 Å². The van der Waals surface area contributed by atoms with Crippen LogP contribution in [0.2, 0.25) is 0 Å². The molecule has 0 saturated carbocycles. The standard InChI is InChI=1S/C22H30N4O9S2/c1-22(2)20(28)26(21(29)25(22)4)11-7-10-18(19(27)23-30)36(31,32)14-37(33,34)24(3)13-16-12-15-8-5-6-9-17(15)35-16/h5-6,8-9,12,18,30H,7,10-11,13-14H2,1-4H3,(H,23,27). The van der Waals surface area contributed by atoms with Gasteiger partial charge in [-0.3, -0.25) is 19.7 Å². The molecule has 1 unspecified atom stereocenters. The number of benzene rings is 1. The number of hydrogen-bond donors (Lipinski definition) is 2. The molecule has 1 fully saturated rings. The molecule has 2 heterocycles. The Bertz CT molecular complexity index is 1380. The molecule has 13 nitrogen and oxygen atoms in total. The molecule has 0 spiro atoms.